The van der Waals surface area contributed by atoms with E-state index in [1.54, 1.807) is 6.07 Å². The molecule has 3 rings (SSSR count). The fraction of sp³-hybridized carbons (Fsp3) is 0.304. The highest BCUT2D eigenvalue weighted by atomic mass is 16.5. The molecular formula is C23H25NO4. The molecule has 0 fully saturated rings. The minimum absolute atomic E-state index is 0.0466. The van der Waals surface area contributed by atoms with Crippen LogP contribution in [-0.4, -0.2) is 18.6 Å². The van der Waals surface area contributed by atoms with Crippen LogP contribution < -0.4 is 15.7 Å². The highest BCUT2D eigenvalue weighted by Gasteiger charge is 2.13. The first-order valence-corrected chi connectivity index (χ1v) is 9.43. The SMILES string of the molecule is Cc1cc(OCC(=O)N[C@@H](C)CCc2ccccc2)c2c(C)cc(=O)oc2c1. The maximum Gasteiger partial charge on any atom is 0.336 e. The van der Waals surface area contributed by atoms with Gasteiger partial charge >= 0.3 is 5.63 Å². The quantitative estimate of drug-likeness (QED) is 0.632. The average molecular weight is 379 g/mol. The lowest BCUT2D eigenvalue weighted by atomic mass is 10.1. The molecule has 5 heteroatoms. The van der Waals surface area contributed by atoms with Crippen molar-refractivity contribution in [2.75, 3.05) is 6.61 Å². The standard InChI is InChI=1S/C23H25NO4/c1-15-11-19(23-16(2)13-22(26)28-20(23)12-15)27-14-21(25)24-17(3)9-10-18-7-5-4-6-8-18/h4-8,11-13,17H,9-10,14H2,1-3H3,(H,24,25)/t17-/m0/s1. The third-order valence-corrected chi connectivity index (χ3v) is 4.62. The van der Waals surface area contributed by atoms with E-state index in [2.05, 4.69) is 17.4 Å². The Labute approximate surface area is 164 Å². The van der Waals surface area contributed by atoms with E-state index < -0.39 is 5.63 Å². The van der Waals surface area contributed by atoms with Crippen LogP contribution in [0.1, 0.15) is 30.0 Å². The van der Waals surface area contributed by atoms with Gasteiger partial charge in [0.25, 0.3) is 5.91 Å². The number of rotatable bonds is 7. The summed E-state index contributed by atoms with van der Waals surface area (Å²) in [5, 5.41) is 3.69. The van der Waals surface area contributed by atoms with E-state index in [0.29, 0.717) is 11.3 Å². The predicted molar refractivity (Wildman–Crippen MR) is 110 cm³/mol. The van der Waals surface area contributed by atoms with Crippen molar-refractivity contribution in [1.29, 1.82) is 0 Å². The summed E-state index contributed by atoms with van der Waals surface area (Å²) in [6.45, 7) is 5.61. The summed E-state index contributed by atoms with van der Waals surface area (Å²) in [6, 6.07) is 15.3. The number of ether oxygens (including phenoxy) is 1. The molecule has 1 aromatic heterocycles. The molecule has 0 saturated heterocycles. The Morgan fingerprint density at radius 2 is 1.89 bits per heavy atom. The van der Waals surface area contributed by atoms with Gasteiger partial charge < -0.3 is 14.5 Å². The van der Waals surface area contributed by atoms with Gasteiger partial charge in [0.2, 0.25) is 0 Å². The van der Waals surface area contributed by atoms with Gasteiger partial charge in [-0.2, -0.15) is 0 Å². The van der Waals surface area contributed by atoms with Gasteiger partial charge in [-0.15, -0.1) is 0 Å². The van der Waals surface area contributed by atoms with Crippen LogP contribution in [0.15, 0.2) is 57.7 Å². The summed E-state index contributed by atoms with van der Waals surface area (Å²) in [4.78, 5) is 23.9. The van der Waals surface area contributed by atoms with Gasteiger partial charge in [-0.3, -0.25) is 4.79 Å². The molecule has 5 nitrogen and oxygen atoms in total. The Hall–Kier alpha value is -3.08. The van der Waals surface area contributed by atoms with Gasteiger partial charge in [0, 0.05) is 12.1 Å². The van der Waals surface area contributed by atoms with E-state index in [1.165, 1.54) is 11.6 Å². The Kier molecular flexibility index (Phi) is 6.14. The number of fused-ring (bicyclic) bond motifs is 1. The highest BCUT2D eigenvalue weighted by molar-refractivity contribution is 5.88. The van der Waals surface area contributed by atoms with Crippen LogP contribution in [0.3, 0.4) is 0 Å². The van der Waals surface area contributed by atoms with E-state index in [9.17, 15) is 9.59 Å². The Morgan fingerprint density at radius 3 is 2.64 bits per heavy atom. The molecule has 0 aliphatic heterocycles. The predicted octanol–water partition coefficient (Wildman–Crippen LogP) is 3.93. The minimum atomic E-state index is -0.397. The molecule has 0 unspecified atom stereocenters. The molecular weight excluding hydrogens is 354 g/mol. The zero-order chi connectivity index (χ0) is 20.1. The van der Waals surface area contributed by atoms with Crippen molar-refractivity contribution in [3.63, 3.8) is 0 Å². The Morgan fingerprint density at radius 1 is 1.14 bits per heavy atom. The highest BCUT2D eigenvalue weighted by Crippen LogP contribution is 2.29. The van der Waals surface area contributed by atoms with E-state index in [-0.39, 0.29) is 18.6 Å². The van der Waals surface area contributed by atoms with Gasteiger partial charge in [-0.25, -0.2) is 4.79 Å². The molecule has 28 heavy (non-hydrogen) atoms. The molecule has 2 aromatic carbocycles. The van der Waals surface area contributed by atoms with Crippen LogP contribution in [0, 0.1) is 13.8 Å². The zero-order valence-electron chi connectivity index (χ0n) is 16.5. The minimum Gasteiger partial charge on any atom is -0.483 e. The van der Waals surface area contributed by atoms with Crippen molar-refractivity contribution in [2.45, 2.75) is 39.7 Å². The van der Waals surface area contributed by atoms with Crippen molar-refractivity contribution >= 4 is 16.9 Å². The number of benzene rings is 2. The van der Waals surface area contributed by atoms with Gasteiger partial charge in [-0.05, 0) is 62.4 Å². The first-order valence-electron chi connectivity index (χ1n) is 9.43. The molecule has 0 aliphatic rings. The fourth-order valence-electron chi connectivity index (χ4n) is 3.25. The molecule has 1 amide bonds. The molecule has 3 aromatic rings. The van der Waals surface area contributed by atoms with Crippen LogP contribution in [0.2, 0.25) is 0 Å². The molecule has 1 heterocycles. The lowest BCUT2D eigenvalue weighted by Gasteiger charge is -2.15. The molecule has 1 atom stereocenters. The third-order valence-electron chi connectivity index (χ3n) is 4.62. The summed E-state index contributed by atoms with van der Waals surface area (Å²) in [5.41, 5.74) is 2.98. The molecule has 0 aliphatic carbocycles. The largest absolute Gasteiger partial charge is 0.483 e. The summed E-state index contributed by atoms with van der Waals surface area (Å²) < 4.78 is 11.0. The van der Waals surface area contributed by atoms with Crippen LogP contribution in [0.4, 0.5) is 0 Å². The lowest BCUT2D eigenvalue weighted by molar-refractivity contribution is -0.123. The Balaban J connectivity index is 1.60. The molecule has 146 valence electrons. The van der Waals surface area contributed by atoms with Crippen LogP contribution in [0.5, 0.6) is 5.75 Å². The van der Waals surface area contributed by atoms with E-state index >= 15 is 0 Å². The topological polar surface area (TPSA) is 68.5 Å². The number of aryl methyl sites for hydroxylation is 3. The van der Waals surface area contributed by atoms with Crippen LogP contribution >= 0.6 is 0 Å². The van der Waals surface area contributed by atoms with E-state index in [4.69, 9.17) is 9.15 Å². The lowest BCUT2D eigenvalue weighted by Crippen LogP contribution is -2.36. The fourth-order valence-corrected chi connectivity index (χ4v) is 3.25. The number of carbonyl (C=O) groups excluding carboxylic acids is 1. The maximum absolute atomic E-state index is 12.3. The summed E-state index contributed by atoms with van der Waals surface area (Å²) >= 11 is 0. The van der Waals surface area contributed by atoms with Crippen LogP contribution in [0.25, 0.3) is 11.0 Å². The number of carbonyl (C=O) groups is 1. The second kappa shape index (κ2) is 8.74. The Bertz CT molecular complexity index is 1020. The van der Waals surface area contributed by atoms with Crippen molar-refractivity contribution in [2.24, 2.45) is 0 Å². The smallest absolute Gasteiger partial charge is 0.336 e. The van der Waals surface area contributed by atoms with Gasteiger partial charge in [0.05, 0.1) is 5.39 Å². The maximum atomic E-state index is 12.3. The normalized spacial score (nSPS) is 12.0. The van der Waals surface area contributed by atoms with Gasteiger partial charge in [0.15, 0.2) is 6.61 Å². The molecule has 1 N–H and O–H groups in total. The van der Waals surface area contributed by atoms with Gasteiger partial charge in [0.1, 0.15) is 11.3 Å². The summed E-state index contributed by atoms with van der Waals surface area (Å²) in [7, 11) is 0. The first kappa shape index (κ1) is 19.7. The van der Waals surface area contributed by atoms with Crippen molar-refractivity contribution in [1.82, 2.24) is 5.32 Å². The van der Waals surface area contributed by atoms with E-state index in [0.717, 1.165) is 29.4 Å². The second-order valence-electron chi connectivity index (χ2n) is 7.17. The van der Waals surface area contributed by atoms with E-state index in [1.807, 2.05) is 45.0 Å². The molecule has 0 bridgehead atoms. The van der Waals surface area contributed by atoms with Crippen molar-refractivity contribution in [3.8, 4) is 5.75 Å². The van der Waals surface area contributed by atoms with Gasteiger partial charge in [-0.1, -0.05) is 30.3 Å². The van der Waals surface area contributed by atoms with Crippen LogP contribution in [-0.2, 0) is 11.2 Å². The zero-order valence-corrected chi connectivity index (χ0v) is 16.5. The van der Waals surface area contributed by atoms with Crippen molar-refractivity contribution in [3.05, 3.63) is 75.6 Å². The molecule has 0 saturated carbocycles. The number of hydrogen-bond acceptors (Lipinski definition) is 4. The average Bonchev–Trinajstić information content (AvgIpc) is 2.64. The number of nitrogens with one attached hydrogen (secondary N) is 1. The first-order chi connectivity index (χ1) is 13.4. The molecule has 0 spiro atoms. The number of hydrogen-bond donors (Lipinski definition) is 1. The third kappa shape index (κ3) is 5.00. The van der Waals surface area contributed by atoms with Crippen molar-refractivity contribution < 1.29 is 13.9 Å². The number of amides is 1. The second-order valence-corrected chi connectivity index (χ2v) is 7.17. The summed E-state index contributed by atoms with van der Waals surface area (Å²) in [6.07, 6.45) is 1.76. The summed E-state index contributed by atoms with van der Waals surface area (Å²) in [5.74, 6) is 0.369. The molecule has 0 radical (unpaired) electrons. The monoisotopic (exact) mass is 379 g/mol.